The fraction of sp³-hybridized carbons (Fsp3) is 0.125. The highest BCUT2D eigenvalue weighted by molar-refractivity contribution is 6.17. The molecular formula is C8H8BNO3. The van der Waals surface area contributed by atoms with Crippen LogP contribution in [0.3, 0.4) is 0 Å². The third-order valence-corrected chi connectivity index (χ3v) is 1.56. The summed E-state index contributed by atoms with van der Waals surface area (Å²) in [6.45, 7) is 0. The minimum atomic E-state index is -0.507. The number of nitrogens with one attached hydrogen (secondary N) is 1. The number of phenolic OH excluding ortho intramolecular Hbond substituents is 1. The second kappa shape index (κ2) is 3.84. The molecule has 13 heavy (non-hydrogen) atoms. The van der Waals surface area contributed by atoms with Crippen LogP contribution in [0.2, 0.25) is 0 Å². The smallest absolute Gasteiger partial charge is 0.339 e. The number of aromatic hydroxyl groups is 1. The number of benzene rings is 1. The van der Waals surface area contributed by atoms with Crippen LogP contribution in [0.5, 0.6) is 5.75 Å². The van der Waals surface area contributed by atoms with Gasteiger partial charge < -0.3 is 15.1 Å². The molecule has 0 atom stereocenters. The summed E-state index contributed by atoms with van der Waals surface area (Å²) in [6, 6.07) is 4.15. The van der Waals surface area contributed by atoms with Gasteiger partial charge in [-0.25, -0.2) is 4.79 Å². The van der Waals surface area contributed by atoms with Gasteiger partial charge in [0.25, 0.3) is 0 Å². The Balaban J connectivity index is 3.13. The maximum Gasteiger partial charge on any atom is 0.339 e. The first-order chi connectivity index (χ1) is 6.19. The second-order valence-corrected chi connectivity index (χ2v) is 2.37. The average molecular weight is 177 g/mol. The van der Waals surface area contributed by atoms with Crippen LogP contribution in [-0.4, -0.2) is 26.2 Å². The summed E-state index contributed by atoms with van der Waals surface area (Å²) < 4.78 is 4.50. The Morgan fingerprint density at radius 3 is 2.85 bits per heavy atom. The number of methoxy groups -OCH3 is 1. The third-order valence-electron chi connectivity index (χ3n) is 1.56. The van der Waals surface area contributed by atoms with Gasteiger partial charge >= 0.3 is 5.97 Å². The number of anilines is 1. The molecule has 0 fully saturated rings. The van der Waals surface area contributed by atoms with E-state index in [2.05, 4.69) is 9.96 Å². The molecule has 0 aliphatic rings. The summed E-state index contributed by atoms with van der Waals surface area (Å²) in [5, 5.41) is 11.4. The maximum atomic E-state index is 11.1. The lowest BCUT2D eigenvalue weighted by molar-refractivity contribution is 0.0602. The molecule has 4 nitrogen and oxygen atoms in total. The summed E-state index contributed by atoms with van der Waals surface area (Å²) in [4.78, 5) is 11.1. The molecule has 0 heterocycles. The molecule has 0 spiro atoms. The molecular weight excluding hydrogens is 169 g/mol. The Hall–Kier alpha value is -1.65. The Morgan fingerprint density at radius 2 is 2.31 bits per heavy atom. The SMILES string of the molecule is [B]Nc1cc(O)ccc1C(=O)OC. The van der Waals surface area contributed by atoms with Gasteiger partial charge in [0.05, 0.1) is 12.7 Å². The van der Waals surface area contributed by atoms with Crippen LogP contribution < -0.4 is 5.23 Å². The van der Waals surface area contributed by atoms with Crippen molar-refractivity contribution in [1.29, 1.82) is 0 Å². The quantitative estimate of drug-likeness (QED) is 0.514. The molecule has 1 rings (SSSR count). The maximum absolute atomic E-state index is 11.1. The van der Waals surface area contributed by atoms with Crippen molar-refractivity contribution in [3.8, 4) is 5.75 Å². The summed E-state index contributed by atoms with van der Waals surface area (Å²) in [5.41, 5.74) is 0.606. The Morgan fingerprint density at radius 1 is 1.62 bits per heavy atom. The van der Waals surface area contributed by atoms with Crippen molar-refractivity contribution in [2.24, 2.45) is 0 Å². The highest BCUT2D eigenvalue weighted by Crippen LogP contribution is 2.21. The van der Waals surface area contributed by atoms with Crippen LogP contribution in [-0.2, 0) is 4.74 Å². The van der Waals surface area contributed by atoms with Crippen molar-refractivity contribution >= 4 is 19.6 Å². The fourth-order valence-electron chi connectivity index (χ4n) is 0.940. The molecule has 0 saturated carbocycles. The standard InChI is InChI=1S/C8H8BNO3/c1-13-8(12)6-3-2-5(11)4-7(6)10-9/h2-4,10-11H,1H3. The van der Waals surface area contributed by atoms with Gasteiger partial charge in [-0.2, -0.15) is 0 Å². The van der Waals surface area contributed by atoms with Crippen molar-refractivity contribution in [3.05, 3.63) is 23.8 Å². The van der Waals surface area contributed by atoms with Gasteiger partial charge in [0.2, 0.25) is 7.98 Å². The minimum Gasteiger partial charge on any atom is -0.508 e. The fourth-order valence-corrected chi connectivity index (χ4v) is 0.940. The van der Waals surface area contributed by atoms with Gasteiger partial charge in [0, 0.05) is 11.8 Å². The Kier molecular flexibility index (Phi) is 2.79. The van der Waals surface area contributed by atoms with Crippen molar-refractivity contribution in [2.75, 3.05) is 12.3 Å². The van der Waals surface area contributed by atoms with E-state index in [9.17, 15) is 4.79 Å². The zero-order valence-electron chi connectivity index (χ0n) is 7.07. The van der Waals surface area contributed by atoms with Gasteiger partial charge in [-0.05, 0) is 12.1 Å². The minimum absolute atomic E-state index is 0.0283. The molecule has 0 unspecified atom stereocenters. The van der Waals surface area contributed by atoms with Gasteiger partial charge in [0.1, 0.15) is 5.75 Å². The van der Waals surface area contributed by atoms with Crippen LogP contribution in [0.25, 0.3) is 0 Å². The monoisotopic (exact) mass is 177 g/mol. The van der Waals surface area contributed by atoms with Gasteiger partial charge in [-0.15, -0.1) is 0 Å². The van der Waals surface area contributed by atoms with Crippen LogP contribution in [0, 0.1) is 0 Å². The van der Waals surface area contributed by atoms with E-state index in [0.29, 0.717) is 5.69 Å². The van der Waals surface area contributed by atoms with E-state index in [4.69, 9.17) is 13.1 Å². The van der Waals surface area contributed by atoms with Crippen LogP contribution in [0.1, 0.15) is 10.4 Å². The highest BCUT2D eigenvalue weighted by Gasteiger charge is 2.10. The van der Waals surface area contributed by atoms with Crippen molar-refractivity contribution in [1.82, 2.24) is 0 Å². The predicted octanol–water partition coefficient (Wildman–Crippen LogP) is 0.674. The molecule has 0 aliphatic heterocycles. The molecule has 2 N–H and O–H groups in total. The number of ether oxygens (including phenoxy) is 1. The first kappa shape index (κ1) is 9.44. The number of hydrogen-bond acceptors (Lipinski definition) is 4. The van der Waals surface area contributed by atoms with E-state index in [1.165, 1.54) is 25.3 Å². The molecule has 1 aromatic carbocycles. The lowest BCUT2D eigenvalue weighted by Gasteiger charge is -2.07. The molecule has 2 radical (unpaired) electrons. The third kappa shape index (κ3) is 1.93. The first-order valence-corrected chi connectivity index (χ1v) is 3.57. The molecule has 0 saturated heterocycles. The molecule has 66 valence electrons. The van der Waals surface area contributed by atoms with E-state index < -0.39 is 5.97 Å². The Bertz CT molecular complexity index is 327. The van der Waals surface area contributed by atoms with Gasteiger partial charge in [0.15, 0.2) is 0 Å². The van der Waals surface area contributed by atoms with Crippen LogP contribution in [0.15, 0.2) is 18.2 Å². The van der Waals surface area contributed by atoms with Crippen molar-refractivity contribution in [3.63, 3.8) is 0 Å². The summed E-state index contributed by atoms with van der Waals surface area (Å²) in [6.07, 6.45) is 0. The average Bonchev–Trinajstić information content (AvgIpc) is 2.16. The number of rotatable bonds is 2. The lowest BCUT2D eigenvalue weighted by atomic mass is 10.1. The molecule has 0 aliphatic carbocycles. The van der Waals surface area contributed by atoms with Crippen LogP contribution in [0.4, 0.5) is 5.69 Å². The van der Waals surface area contributed by atoms with E-state index in [-0.39, 0.29) is 11.3 Å². The number of carbonyl (C=O) groups excluding carboxylic acids is 1. The summed E-state index contributed by atoms with van der Waals surface area (Å²) in [5.74, 6) is -0.478. The van der Waals surface area contributed by atoms with E-state index in [1.54, 1.807) is 0 Å². The van der Waals surface area contributed by atoms with Gasteiger partial charge in [-0.1, -0.05) is 0 Å². The predicted molar refractivity (Wildman–Crippen MR) is 48.8 cm³/mol. The molecule has 0 amide bonds. The van der Waals surface area contributed by atoms with Crippen LogP contribution >= 0.6 is 0 Å². The number of hydrogen-bond donors (Lipinski definition) is 2. The number of esters is 1. The Labute approximate surface area is 77.0 Å². The molecule has 1 aromatic rings. The van der Waals surface area contributed by atoms with E-state index >= 15 is 0 Å². The summed E-state index contributed by atoms with van der Waals surface area (Å²) in [7, 11) is 6.42. The lowest BCUT2D eigenvalue weighted by Crippen LogP contribution is -2.05. The second-order valence-electron chi connectivity index (χ2n) is 2.37. The van der Waals surface area contributed by atoms with Crippen molar-refractivity contribution < 1.29 is 14.6 Å². The molecule has 0 aromatic heterocycles. The van der Waals surface area contributed by atoms with Crippen molar-refractivity contribution in [2.45, 2.75) is 0 Å². The molecule has 5 heteroatoms. The van der Waals surface area contributed by atoms with E-state index in [1.807, 2.05) is 0 Å². The first-order valence-electron chi connectivity index (χ1n) is 3.57. The summed E-state index contributed by atoms with van der Waals surface area (Å²) >= 11 is 0. The number of carbonyl (C=O) groups is 1. The van der Waals surface area contributed by atoms with Gasteiger partial charge in [-0.3, -0.25) is 0 Å². The topological polar surface area (TPSA) is 58.6 Å². The number of phenols is 1. The molecule has 0 bridgehead atoms. The zero-order valence-corrected chi connectivity index (χ0v) is 7.07. The zero-order chi connectivity index (χ0) is 9.84. The van der Waals surface area contributed by atoms with E-state index in [0.717, 1.165) is 0 Å². The normalized spacial score (nSPS) is 9.31. The highest BCUT2D eigenvalue weighted by atomic mass is 16.5. The largest absolute Gasteiger partial charge is 0.508 e.